The van der Waals surface area contributed by atoms with Crippen molar-refractivity contribution >= 4 is 23.1 Å². The zero-order chi connectivity index (χ0) is 20.8. The van der Waals surface area contributed by atoms with Crippen LogP contribution >= 0.6 is 23.1 Å². The van der Waals surface area contributed by atoms with Crippen LogP contribution in [0, 0.1) is 0 Å². The van der Waals surface area contributed by atoms with Crippen LogP contribution in [0.3, 0.4) is 0 Å². The van der Waals surface area contributed by atoms with Crippen LogP contribution in [0.1, 0.15) is 30.9 Å². The maximum Gasteiger partial charge on any atom is 0.191 e. The van der Waals surface area contributed by atoms with Gasteiger partial charge in [-0.05, 0) is 31.0 Å². The number of thiazole rings is 1. The minimum atomic E-state index is 0.404. The van der Waals surface area contributed by atoms with Gasteiger partial charge >= 0.3 is 0 Å². The van der Waals surface area contributed by atoms with Crippen LogP contribution in [-0.4, -0.2) is 19.7 Å². The molecule has 4 aromatic rings. The summed E-state index contributed by atoms with van der Waals surface area (Å²) in [5.74, 6) is 2.45. The predicted octanol–water partition coefficient (Wildman–Crippen LogP) is 5.86. The quantitative estimate of drug-likeness (QED) is 0.308. The molecular weight excluding hydrogens is 412 g/mol. The fraction of sp³-hybridized carbons (Fsp3) is 0.261. The molecule has 0 saturated carbocycles. The lowest BCUT2D eigenvalue weighted by Gasteiger charge is -2.09. The Hall–Kier alpha value is -2.64. The molecule has 0 aliphatic carbocycles. The van der Waals surface area contributed by atoms with Gasteiger partial charge in [-0.3, -0.25) is 0 Å². The molecule has 0 bridgehead atoms. The van der Waals surface area contributed by atoms with Gasteiger partial charge < -0.3 is 9.30 Å². The van der Waals surface area contributed by atoms with Crippen LogP contribution in [0.4, 0.5) is 0 Å². The SMILES string of the molecule is CCc1ccc(OCc2nnc(SCc3csc(-c4ccccc4)n3)n2CC)cc1. The summed E-state index contributed by atoms with van der Waals surface area (Å²) in [6.07, 6.45) is 1.02. The van der Waals surface area contributed by atoms with Crippen LogP contribution in [0.5, 0.6) is 5.75 Å². The molecule has 2 heterocycles. The first-order chi connectivity index (χ1) is 14.8. The first-order valence-electron chi connectivity index (χ1n) is 10.0. The van der Waals surface area contributed by atoms with E-state index in [0.29, 0.717) is 6.61 Å². The molecule has 0 aliphatic heterocycles. The fourth-order valence-corrected chi connectivity index (χ4v) is 4.89. The number of rotatable bonds is 9. The monoisotopic (exact) mass is 436 g/mol. The second kappa shape index (κ2) is 9.91. The van der Waals surface area contributed by atoms with Gasteiger partial charge in [-0.25, -0.2) is 4.98 Å². The number of hydrogen-bond acceptors (Lipinski definition) is 6. The van der Waals surface area contributed by atoms with Gasteiger partial charge in [0.05, 0.1) is 5.69 Å². The molecule has 0 radical (unpaired) electrons. The lowest BCUT2D eigenvalue weighted by molar-refractivity contribution is 0.288. The number of aromatic nitrogens is 4. The van der Waals surface area contributed by atoms with Gasteiger partial charge in [0.2, 0.25) is 0 Å². The zero-order valence-electron chi connectivity index (χ0n) is 17.1. The van der Waals surface area contributed by atoms with Crippen molar-refractivity contribution in [1.82, 2.24) is 19.7 Å². The normalized spacial score (nSPS) is 11.0. The highest BCUT2D eigenvalue weighted by Crippen LogP contribution is 2.27. The molecular formula is C23H24N4OS2. The summed E-state index contributed by atoms with van der Waals surface area (Å²) < 4.78 is 8.03. The Balaban J connectivity index is 1.38. The Kier molecular flexibility index (Phi) is 6.81. The van der Waals surface area contributed by atoms with Gasteiger partial charge in [-0.1, -0.05) is 61.2 Å². The third-order valence-corrected chi connectivity index (χ3v) is 6.67. The van der Waals surface area contributed by atoms with E-state index in [1.165, 1.54) is 5.56 Å². The van der Waals surface area contributed by atoms with E-state index in [9.17, 15) is 0 Å². The van der Waals surface area contributed by atoms with E-state index >= 15 is 0 Å². The minimum absolute atomic E-state index is 0.404. The molecule has 30 heavy (non-hydrogen) atoms. The maximum atomic E-state index is 5.92. The van der Waals surface area contributed by atoms with E-state index in [1.54, 1.807) is 23.1 Å². The van der Waals surface area contributed by atoms with E-state index in [-0.39, 0.29) is 0 Å². The topological polar surface area (TPSA) is 52.8 Å². The lowest BCUT2D eigenvalue weighted by Crippen LogP contribution is -2.07. The van der Waals surface area contributed by atoms with E-state index in [1.807, 2.05) is 30.3 Å². The van der Waals surface area contributed by atoms with Crippen LogP contribution < -0.4 is 4.74 Å². The summed E-state index contributed by atoms with van der Waals surface area (Å²) in [5, 5.41) is 12.8. The van der Waals surface area contributed by atoms with Crippen molar-refractivity contribution in [2.75, 3.05) is 0 Å². The average molecular weight is 437 g/mol. The van der Waals surface area contributed by atoms with Gasteiger partial charge in [0.25, 0.3) is 0 Å². The molecule has 0 N–H and O–H groups in total. The molecule has 0 unspecified atom stereocenters. The van der Waals surface area contributed by atoms with Gasteiger partial charge in [-0.2, -0.15) is 0 Å². The summed E-state index contributed by atoms with van der Waals surface area (Å²) in [5.41, 5.74) is 3.51. The third kappa shape index (κ3) is 4.91. The summed E-state index contributed by atoms with van der Waals surface area (Å²) in [6.45, 7) is 5.45. The Morgan fingerprint density at radius 2 is 1.80 bits per heavy atom. The Morgan fingerprint density at radius 1 is 1.00 bits per heavy atom. The summed E-state index contributed by atoms with van der Waals surface area (Å²) in [4.78, 5) is 4.76. The number of thioether (sulfide) groups is 1. The number of benzene rings is 2. The first kappa shape index (κ1) is 20.6. The number of ether oxygens (including phenoxy) is 1. The van der Waals surface area contributed by atoms with Crippen LogP contribution in [0.25, 0.3) is 10.6 Å². The first-order valence-corrected chi connectivity index (χ1v) is 11.9. The van der Waals surface area contributed by atoms with Crippen molar-refractivity contribution in [1.29, 1.82) is 0 Å². The molecule has 0 spiro atoms. The molecule has 2 aromatic carbocycles. The molecule has 5 nitrogen and oxygen atoms in total. The van der Waals surface area contributed by atoms with Gasteiger partial charge in [0.15, 0.2) is 11.0 Å². The molecule has 154 valence electrons. The second-order valence-corrected chi connectivity index (χ2v) is 8.53. The summed E-state index contributed by atoms with van der Waals surface area (Å²) in [7, 11) is 0. The molecule has 0 amide bonds. The standard InChI is InChI=1S/C23H24N4OS2/c1-3-17-10-12-20(13-11-17)28-14-21-25-26-23(27(21)4-2)30-16-19-15-29-22(24-19)18-8-6-5-7-9-18/h5-13,15H,3-4,14,16H2,1-2H3. The van der Waals surface area contributed by atoms with Crippen molar-refractivity contribution in [2.24, 2.45) is 0 Å². The van der Waals surface area contributed by atoms with Gasteiger partial charge in [-0.15, -0.1) is 21.5 Å². The van der Waals surface area contributed by atoms with Crippen molar-refractivity contribution in [2.45, 2.75) is 44.3 Å². The van der Waals surface area contributed by atoms with Gasteiger partial charge in [0, 0.05) is 23.2 Å². The van der Waals surface area contributed by atoms with Crippen LogP contribution in [0.15, 0.2) is 65.1 Å². The predicted molar refractivity (Wildman–Crippen MR) is 123 cm³/mol. The summed E-state index contributed by atoms with van der Waals surface area (Å²) >= 11 is 3.33. The molecule has 0 saturated heterocycles. The highest BCUT2D eigenvalue weighted by Gasteiger charge is 2.13. The summed E-state index contributed by atoms with van der Waals surface area (Å²) in [6, 6.07) is 18.5. The van der Waals surface area contributed by atoms with Crippen molar-refractivity contribution in [3.8, 4) is 16.3 Å². The second-order valence-electron chi connectivity index (χ2n) is 6.73. The molecule has 4 rings (SSSR count). The highest BCUT2D eigenvalue weighted by atomic mass is 32.2. The Morgan fingerprint density at radius 3 is 2.53 bits per heavy atom. The number of aryl methyl sites for hydroxylation is 1. The molecule has 2 aromatic heterocycles. The molecule has 0 aliphatic rings. The average Bonchev–Trinajstić information content (AvgIpc) is 3.44. The lowest BCUT2D eigenvalue weighted by atomic mass is 10.2. The van der Waals surface area contributed by atoms with E-state index in [0.717, 1.165) is 51.7 Å². The third-order valence-electron chi connectivity index (χ3n) is 4.73. The number of nitrogens with zero attached hydrogens (tertiary/aromatic N) is 4. The van der Waals surface area contributed by atoms with Gasteiger partial charge in [0.1, 0.15) is 17.4 Å². The van der Waals surface area contributed by atoms with E-state index in [2.05, 4.69) is 58.3 Å². The van der Waals surface area contributed by atoms with E-state index in [4.69, 9.17) is 9.72 Å². The van der Waals surface area contributed by atoms with Crippen molar-refractivity contribution < 1.29 is 4.74 Å². The van der Waals surface area contributed by atoms with E-state index < -0.39 is 0 Å². The maximum absolute atomic E-state index is 5.92. The largest absolute Gasteiger partial charge is 0.486 e. The molecule has 0 atom stereocenters. The van der Waals surface area contributed by atoms with Crippen molar-refractivity contribution in [3.05, 3.63) is 77.1 Å². The molecule has 7 heteroatoms. The van der Waals surface area contributed by atoms with Crippen molar-refractivity contribution in [3.63, 3.8) is 0 Å². The number of hydrogen-bond donors (Lipinski definition) is 0. The Bertz CT molecular complexity index is 1070. The van der Waals surface area contributed by atoms with Crippen LogP contribution in [-0.2, 0) is 25.3 Å². The molecule has 0 fully saturated rings. The fourth-order valence-electron chi connectivity index (χ4n) is 3.04. The smallest absolute Gasteiger partial charge is 0.191 e. The Labute approximate surface area is 185 Å². The minimum Gasteiger partial charge on any atom is -0.486 e. The zero-order valence-corrected chi connectivity index (χ0v) is 18.7. The highest BCUT2D eigenvalue weighted by molar-refractivity contribution is 7.98. The van der Waals surface area contributed by atoms with Crippen LogP contribution in [0.2, 0.25) is 0 Å².